The molecule has 1 aliphatic rings. The van der Waals surface area contributed by atoms with E-state index in [4.69, 9.17) is 9.97 Å². The van der Waals surface area contributed by atoms with Crippen LogP contribution in [0.2, 0.25) is 0 Å². The van der Waals surface area contributed by atoms with Crippen LogP contribution in [0.1, 0.15) is 30.5 Å². The number of anilines is 1. The minimum absolute atomic E-state index is 0.384. The molecule has 0 aliphatic carbocycles. The quantitative estimate of drug-likeness (QED) is 0.343. The molecule has 166 valence electrons. The van der Waals surface area contributed by atoms with E-state index in [1.807, 2.05) is 61.5 Å². The Balaban J connectivity index is 1.53. The molecule has 1 atom stereocenters. The van der Waals surface area contributed by atoms with Crippen LogP contribution in [-0.4, -0.2) is 20.8 Å². The van der Waals surface area contributed by atoms with Gasteiger partial charge in [0.1, 0.15) is 29.0 Å². The van der Waals surface area contributed by atoms with Gasteiger partial charge in [0, 0.05) is 34.2 Å². The number of benzene rings is 3. The van der Waals surface area contributed by atoms with E-state index in [2.05, 4.69) is 15.3 Å². The highest BCUT2D eigenvalue weighted by Crippen LogP contribution is 2.36. The van der Waals surface area contributed by atoms with Gasteiger partial charge in [-0.05, 0) is 36.1 Å². The SMILES string of the molecule is CCC1N=C(Nc2nc(-c3nccc4ccccc34)nc3ccccc23)c2cc(F)cc(F)c21. The third-order valence-electron chi connectivity index (χ3n) is 6.08. The molecule has 7 heteroatoms. The summed E-state index contributed by atoms with van der Waals surface area (Å²) in [5, 5.41) is 5.99. The maximum atomic E-state index is 14.6. The maximum Gasteiger partial charge on any atom is 0.181 e. The van der Waals surface area contributed by atoms with Crippen LogP contribution in [0.5, 0.6) is 0 Å². The number of nitrogens with zero attached hydrogens (tertiary/aromatic N) is 4. The Kier molecular flexibility index (Phi) is 4.76. The Labute approximate surface area is 194 Å². The van der Waals surface area contributed by atoms with Crippen molar-refractivity contribution < 1.29 is 8.78 Å². The van der Waals surface area contributed by atoms with Crippen molar-refractivity contribution in [3.63, 3.8) is 0 Å². The first-order valence-corrected chi connectivity index (χ1v) is 11.1. The molecule has 34 heavy (non-hydrogen) atoms. The first-order valence-electron chi connectivity index (χ1n) is 11.1. The molecule has 5 aromatic rings. The summed E-state index contributed by atoms with van der Waals surface area (Å²) in [4.78, 5) is 18.8. The number of fused-ring (bicyclic) bond motifs is 3. The van der Waals surface area contributed by atoms with Gasteiger partial charge >= 0.3 is 0 Å². The Bertz CT molecular complexity index is 1610. The number of hydrogen-bond acceptors (Lipinski definition) is 5. The molecule has 0 amide bonds. The maximum absolute atomic E-state index is 14.6. The number of aromatic nitrogens is 3. The van der Waals surface area contributed by atoms with Gasteiger partial charge in [0.25, 0.3) is 0 Å². The number of aliphatic imine (C=N–C) groups is 1. The third kappa shape index (κ3) is 3.28. The smallest absolute Gasteiger partial charge is 0.181 e. The van der Waals surface area contributed by atoms with Gasteiger partial charge in [-0.25, -0.2) is 18.7 Å². The van der Waals surface area contributed by atoms with E-state index in [9.17, 15) is 8.78 Å². The molecule has 1 aliphatic heterocycles. The molecule has 5 nitrogen and oxygen atoms in total. The lowest BCUT2D eigenvalue weighted by Crippen LogP contribution is -2.14. The van der Waals surface area contributed by atoms with Gasteiger partial charge in [0.05, 0.1) is 11.6 Å². The lowest BCUT2D eigenvalue weighted by molar-refractivity contribution is 0.556. The fourth-order valence-electron chi connectivity index (χ4n) is 4.49. The third-order valence-corrected chi connectivity index (χ3v) is 6.08. The predicted octanol–water partition coefficient (Wildman–Crippen LogP) is 6.45. The lowest BCUT2D eigenvalue weighted by Gasteiger charge is -2.12. The zero-order valence-electron chi connectivity index (χ0n) is 18.3. The van der Waals surface area contributed by atoms with E-state index in [-0.39, 0.29) is 6.04 Å². The van der Waals surface area contributed by atoms with E-state index in [0.29, 0.717) is 40.7 Å². The first-order chi connectivity index (χ1) is 16.6. The van der Waals surface area contributed by atoms with Crippen molar-refractivity contribution >= 4 is 33.3 Å². The first kappa shape index (κ1) is 20.4. The van der Waals surface area contributed by atoms with Crippen LogP contribution in [0, 0.1) is 11.6 Å². The zero-order valence-corrected chi connectivity index (χ0v) is 18.3. The molecule has 6 rings (SSSR count). The Morgan fingerprint density at radius 2 is 1.71 bits per heavy atom. The van der Waals surface area contributed by atoms with Gasteiger partial charge in [-0.1, -0.05) is 43.3 Å². The largest absolute Gasteiger partial charge is 0.324 e. The summed E-state index contributed by atoms with van der Waals surface area (Å²) in [5.41, 5.74) is 2.20. The molecule has 0 radical (unpaired) electrons. The molecule has 1 unspecified atom stereocenters. The van der Waals surface area contributed by atoms with E-state index < -0.39 is 11.6 Å². The highest BCUT2D eigenvalue weighted by Gasteiger charge is 2.29. The number of para-hydroxylation sites is 1. The summed E-state index contributed by atoms with van der Waals surface area (Å²) in [6.07, 6.45) is 2.33. The average molecular weight is 451 g/mol. The predicted molar refractivity (Wildman–Crippen MR) is 130 cm³/mol. The normalized spacial score (nSPS) is 14.9. The van der Waals surface area contributed by atoms with Crippen molar-refractivity contribution in [1.82, 2.24) is 15.0 Å². The molecule has 0 fully saturated rings. The van der Waals surface area contributed by atoms with Crippen LogP contribution in [0.4, 0.5) is 14.6 Å². The Morgan fingerprint density at radius 1 is 0.912 bits per heavy atom. The van der Waals surface area contributed by atoms with Crippen molar-refractivity contribution in [3.8, 4) is 11.5 Å². The van der Waals surface area contributed by atoms with Crippen LogP contribution in [-0.2, 0) is 0 Å². The average Bonchev–Trinajstić information content (AvgIpc) is 3.21. The summed E-state index contributed by atoms with van der Waals surface area (Å²) in [5.74, 6) is 0.114. The second-order valence-corrected chi connectivity index (χ2v) is 8.17. The van der Waals surface area contributed by atoms with E-state index >= 15 is 0 Å². The van der Waals surface area contributed by atoms with E-state index in [1.165, 1.54) is 6.07 Å². The molecule has 0 saturated heterocycles. The molecule has 0 bridgehead atoms. The zero-order chi connectivity index (χ0) is 23.2. The fraction of sp³-hybridized carbons (Fsp3) is 0.111. The minimum Gasteiger partial charge on any atom is -0.324 e. The Hall–Kier alpha value is -4.26. The van der Waals surface area contributed by atoms with Gasteiger partial charge in [-0.3, -0.25) is 9.98 Å². The van der Waals surface area contributed by atoms with Crippen LogP contribution >= 0.6 is 0 Å². The molecule has 0 spiro atoms. The van der Waals surface area contributed by atoms with E-state index in [0.717, 1.165) is 27.7 Å². The molecule has 0 saturated carbocycles. The number of amidine groups is 1. The lowest BCUT2D eigenvalue weighted by atomic mass is 10.0. The summed E-state index contributed by atoms with van der Waals surface area (Å²) < 4.78 is 28.7. The van der Waals surface area contributed by atoms with Gasteiger partial charge in [0.15, 0.2) is 5.82 Å². The van der Waals surface area contributed by atoms with Crippen molar-refractivity contribution in [3.05, 3.63) is 95.7 Å². The number of halogens is 2. The van der Waals surface area contributed by atoms with Gasteiger partial charge in [0.2, 0.25) is 0 Å². The highest BCUT2D eigenvalue weighted by molar-refractivity contribution is 6.13. The number of nitrogens with one attached hydrogen (secondary N) is 1. The second-order valence-electron chi connectivity index (χ2n) is 8.17. The second kappa shape index (κ2) is 7.95. The summed E-state index contributed by atoms with van der Waals surface area (Å²) in [6, 6.07) is 19.3. The number of rotatable bonds is 3. The molecular formula is C27H19F2N5. The van der Waals surface area contributed by atoms with Crippen LogP contribution in [0.25, 0.3) is 33.2 Å². The van der Waals surface area contributed by atoms with Crippen LogP contribution < -0.4 is 5.32 Å². The standard InChI is InChI=1S/C27H19F2N5/c1-2-21-23-19(13-16(28)14-20(23)29)26(31-21)33-25-18-9-5-6-10-22(18)32-27(34-25)24-17-8-4-3-7-15(17)11-12-30-24/h3-14,21H,2H2,1H3,(H,31,32,33,34). The molecule has 3 aromatic carbocycles. The molecule has 3 heterocycles. The van der Waals surface area contributed by atoms with Crippen LogP contribution in [0.3, 0.4) is 0 Å². The van der Waals surface area contributed by atoms with Gasteiger partial charge < -0.3 is 5.32 Å². The highest BCUT2D eigenvalue weighted by atomic mass is 19.1. The topological polar surface area (TPSA) is 63.1 Å². The van der Waals surface area contributed by atoms with Crippen LogP contribution in [0.15, 0.2) is 77.9 Å². The van der Waals surface area contributed by atoms with Crippen molar-refractivity contribution in [1.29, 1.82) is 0 Å². The summed E-state index contributed by atoms with van der Waals surface area (Å²) in [6.45, 7) is 1.92. The van der Waals surface area contributed by atoms with Gasteiger partial charge in [-0.15, -0.1) is 0 Å². The van der Waals surface area contributed by atoms with Crippen molar-refractivity contribution in [2.45, 2.75) is 19.4 Å². The number of pyridine rings is 1. The monoisotopic (exact) mass is 451 g/mol. The van der Waals surface area contributed by atoms with Crippen molar-refractivity contribution in [2.24, 2.45) is 4.99 Å². The minimum atomic E-state index is -0.643. The fourth-order valence-corrected chi connectivity index (χ4v) is 4.49. The molecule has 2 aromatic heterocycles. The van der Waals surface area contributed by atoms with Gasteiger partial charge in [-0.2, -0.15) is 0 Å². The summed E-state index contributed by atoms with van der Waals surface area (Å²) >= 11 is 0. The molecular weight excluding hydrogens is 432 g/mol. The van der Waals surface area contributed by atoms with Crippen molar-refractivity contribution in [2.75, 3.05) is 5.32 Å². The molecule has 1 N–H and O–H groups in total. The Morgan fingerprint density at radius 3 is 2.56 bits per heavy atom. The number of hydrogen-bond donors (Lipinski definition) is 1. The van der Waals surface area contributed by atoms with E-state index in [1.54, 1.807) is 6.20 Å². The summed E-state index contributed by atoms with van der Waals surface area (Å²) in [7, 11) is 0.